The van der Waals surface area contributed by atoms with Gasteiger partial charge in [-0.05, 0) is 49.1 Å². The third-order valence-electron chi connectivity index (χ3n) is 6.22. The molecule has 1 aromatic heterocycles. The van der Waals surface area contributed by atoms with Crippen molar-refractivity contribution in [3.05, 3.63) is 42.2 Å². The molecule has 0 unspecified atom stereocenters. The molecule has 0 aromatic carbocycles. The second-order valence-corrected chi connectivity index (χ2v) is 7.62. The quantitative estimate of drug-likeness (QED) is 0.808. The molecule has 5 atom stereocenters. The van der Waals surface area contributed by atoms with Gasteiger partial charge in [-0.15, -0.1) is 0 Å². The van der Waals surface area contributed by atoms with Crippen LogP contribution in [-0.4, -0.2) is 22.0 Å². The van der Waals surface area contributed by atoms with Crippen LogP contribution in [0.4, 0.5) is 0 Å². The molecule has 2 N–H and O–H groups in total. The van der Waals surface area contributed by atoms with E-state index in [1.54, 1.807) is 6.20 Å². The van der Waals surface area contributed by atoms with E-state index in [1.165, 1.54) is 12.8 Å². The first-order valence-corrected chi connectivity index (χ1v) is 9.27. The van der Waals surface area contributed by atoms with Crippen molar-refractivity contribution in [2.24, 2.45) is 29.6 Å². The second kappa shape index (κ2) is 6.62. The van der Waals surface area contributed by atoms with E-state index in [9.17, 15) is 14.7 Å². The molecule has 3 aliphatic rings. The van der Waals surface area contributed by atoms with Crippen LogP contribution in [0.15, 0.2) is 36.5 Å². The molecule has 0 spiro atoms. The monoisotopic (exact) mass is 340 g/mol. The molecular formula is C20H24N2O3. The lowest BCUT2D eigenvalue weighted by atomic mass is 9.82. The number of fused-ring (bicyclic) bond motifs is 2. The van der Waals surface area contributed by atoms with Gasteiger partial charge in [-0.2, -0.15) is 0 Å². The van der Waals surface area contributed by atoms with E-state index in [2.05, 4.69) is 10.3 Å². The minimum absolute atomic E-state index is 0.00182. The van der Waals surface area contributed by atoms with E-state index in [-0.39, 0.29) is 23.8 Å². The molecule has 2 bridgehead atoms. The van der Waals surface area contributed by atoms with Crippen molar-refractivity contribution in [1.82, 2.24) is 10.3 Å². The Hall–Kier alpha value is -2.17. The number of nitrogens with zero attached hydrogens (tertiary/aromatic N) is 1. The second-order valence-electron chi connectivity index (χ2n) is 7.62. The van der Waals surface area contributed by atoms with Gasteiger partial charge in [-0.3, -0.25) is 14.6 Å². The van der Waals surface area contributed by atoms with E-state index in [0.717, 1.165) is 25.0 Å². The molecule has 2 saturated carbocycles. The Bertz CT molecular complexity index is 681. The van der Waals surface area contributed by atoms with Gasteiger partial charge >= 0.3 is 5.97 Å². The third-order valence-corrected chi connectivity index (χ3v) is 6.22. The van der Waals surface area contributed by atoms with E-state index in [4.69, 9.17) is 0 Å². The Morgan fingerprint density at radius 1 is 1.12 bits per heavy atom. The molecule has 5 heteroatoms. The maximum absolute atomic E-state index is 13.1. The number of carboxylic acids is 1. The SMILES string of the molecule is O=C(O)[C@H]1[C@H](C(=O)N[C@@H](c2ccccn2)C2CCCC2)[C@H]2C=C[C@H]1C2. The first-order chi connectivity index (χ1) is 12.1. The molecule has 132 valence electrons. The van der Waals surface area contributed by atoms with Gasteiger partial charge in [0, 0.05) is 6.20 Å². The summed E-state index contributed by atoms with van der Waals surface area (Å²) in [5.74, 6) is -1.59. The summed E-state index contributed by atoms with van der Waals surface area (Å²) in [6.45, 7) is 0. The van der Waals surface area contributed by atoms with Gasteiger partial charge in [0.15, 0.2) is 0 Å². The number of aliphatic carboxylic acids is 1. The molecule has 0 aliphatic heterocycles. The van der Waals surface area contributed by atoms with Crippen molar-refractivity contribution >= 4 is 11.9 Å². The summed E-state index contributed by atoms with van der Waals surface area (Å²) >= 11 is 0. The van der Waals surface area contributed by atoms with E-state index >= 15 is 0 Å². The molecule has 2 fully saturated rings. The van der Waals surface area contributed by atoms with Crippen LogP contribution in [0.1, 0.15) is 43.8 Å². The Balaban J connectivity index is 1.56. The minimum atomic E-state index is -0.854. The van der Waals surface area contributed by atoms with Gasteiger partial charge in [-0.25, -0.2) is 0 Å². The summed E-state index contributed by atoms with van der Waals surface area (Å²) < 4.78 is 0. The highest BCUT2D eigenvalue weighted by atomic mass is 16.4. The predicted molar refractivity (Wildman–Crippen MR) is 92.4 cm³/mol. The lowest BCUT2D eigenvalue weighted by molar-refractivity contribution is -0.148. The Morgan fingerprint density at radius 2 is 1.84 bits per heavy atom. The summed E-state index contributed by atoms with van der Waals surface area (Å²) in [5, 5.41) is 12.8. The van der Waals surface area contributed by atoms with Crippen LogP contribution in [0.2, 0.25) is 0 Å². The van der Waals surface area contributed by atoms with Crippen LogP contribution >= 0.6 is 0 Å². The molecule has 1 aromatic rings. The topological polar surface area (TPSA) is 79.3 Å². The summed E-state index contributed by atoms with van der Waals surface area (Å²) in [5.41, 5.74) is 0.883. The number of carbonyl (C=O) groups is 2. The number of hydrogen-bond donors (Lipinski definition) is 2. The standard InChI is InChI=1S/C20H24N2O3/c23-19(16-13-8-9-14(11-13)17(16)20(24)25)22-18(12-5-1-2-6-12)15-7-3-4-10-21-15/h3-4,7-10,12-14,16-18H,1-2,5-6,11H2,(H,22,23)(H,24,25)/t13-,14-,16+,17+,18+/m0/s1. The fraction of sp³-hybridized carbons (Fsp3) is 0.550. The summed E-state index contributed by atoms with van der Waals surface area (Å²) in [6, 6.07) is 5.65. The first kappa shape index (κ1) is 16.3. The molecule has 1 amide bonds. The Morgan fingerprint density at radius 3 is 2.48 bits per heavy atom. The molecule has 0 saturated heterocycles. The summed E-state index contributed by atoms with van der Waals surface area (Å²) in [7, 11) is 0. The van der Waals surface area contributed by atoms with Crippen molar-refractivity contribution < 1.29 is 14.7 Å². The number of carboxylic acid groups (broad SMARTS) is 1. The fourth-order valence-electron chi connectivity index (χ4n) is 5.05. The van der Waals surface area contributed by atoms with E-state index < -0.39 is 17.8 Å². The number of nitrogens with one attached hydrogen (secondary N) is 1. The maximum Gasteiger partial charge on any atom is 0.307 e. The number of hydrogen-bond acceptors (Lipinski definition) is 3. The van der Waals surface area contributed by atoms with Crippen LogP contribution in [0, 0.1) is 29.6 Å². The Kier molecular flexibility index (Phi) is 4.32. The van der Waals surface area contributed by atoms with Crippen molar-refractivity contribution in [2.75, 3.05) is 0 Å². The number of aromatic nitrogens is 1. The maximum atomic E-state index is 13.1. The number of rotatable bonds is 5. The number of carbonyl (C=O) groups excluding carboxylic acids is 1. The fourth-order valence-corrected chi connectivity index (χ4v) is 5.05. The molecule has 1 heterocycles. The zero-order valence-electron chi connectivity index (χ0n) is 14.2. The van der Waals surface area contributed by atoms with Crippen molar-refractivity contribution in [3.8, 4) is 0 Å². The smallest absolute Gasteiger partial charge is 0.307 e. The zero-order chi connectivity index (χ0) is 17.4. The highest BCUT2D eigenvalue weighted by Crippen LogP contribution is 2.48. The summed E-state index contributed by atoms with van der Waals surface area (Å²) in [6.07, 6.45) is 11.1. The summed E-state index contributed by atoms with van der Waals surface area (Å²) in [4.78, 5) is 29.2. The van der Waals surface area contributed by atoms with Crippen molar-refractivity contribution in [1.29, 1.82) is 0 Å². The number of amides is 1. The number of allylic oxidation sites excluding steroid dienone is 2. The van der Waals surface area contributed by atoms with Gasteiger partial charge < -0.3 is 10.4 Å². The van der Waals surface area contributed by atoms with Crippen LogP contribution in [0.25, 0.3) is 0 Å². The van der Waals surface area contributed by atoms with Gasteiger partial charge in [0.25, 0.3) is 0 Å². The van der Waals surface area contributed by atoms with Crippen molar-refractivity contribution in [2.45, 2.75) is 38.1 Å². The first-order valence-electron chi connectivity index (χ1n) is 9.27. The lowest BCUT2D eigenvalue weighted by Gasteiger charge is -2.29. The third kappa shape index (κ3) is 2.96. The Labute approximate surface area is 147 Å². The molecule has 4 rings (SSSR count). The van der Waals surface area contributed by atoms with Crippen LogP contribution in [0.5, 0.6) is 0 Å². The van der Waals surface area contributed by atoms with Crippen molar-refractivity contribution in [3.63, 3.8) is 0 Å². The van der Waals surface area contributed by atoms with Crippen LogP contribution in [0.3, 0.4) is 0 Å². The highest BCUT2D eigenvalue weighted by Gasteiger charge is 2.52. The largest absolute Gasteiger partial charge is 0.481 e. The predicted octanol–water partition coefficient (Wildman–Crippen LogP) is 2.95. The van der Waals surface area contributed by atoms with E-state index in [1.807, 2.05) is 30.4 Å². The molecule has 25 heavy (non-hydrogen) atoms. The molecular weight excluding hydrogens is 316 g/mol. The normalized spacial score (nSPS) is 32.0. The highest BCUT2D eigenvalue weighted by molar-refractivity contribution is 5.87. The average Bonchev–Trinajstić information content (AvgIpc) is 3.36. The average molecular weight is 340 g/mol. The van der Waals surface area contributed by atoms with Crippen LogP contribution < -0.4 is 5.32 Å². The minimum Gasteiger partial charge on any atom is -0.481 e. The van der Waals surface area contributed by atoms with E-state index in [0.29, 0.717) is 5.92 Å². The molecule has 0 radical (unpaired) electrons. The van der Waals surface area contributed by atoms with Gasteiger partial charge in [-0.1, -0.05) is 31.1 Å². The molecule has 3 aliphatic carbocycles. The van der Waals surface area contributed by atoms with Gasteiger partial charge in [0.1, 0.15) is 0 Å². The zero-order valence-corrected chi connectivity index (χ0v) is 14.2. The number of pyridine rings is 1. The lowest BCUT2D eigenvalue weighted by Crippen LogP contribution is -2.43. The molecule has 5 nitrogen and oxygen atoms in total. The van der Waals surface area contributed by atoms with Gasteiger partial charge in [0.2, 0.25) is 5.91 Å². The van der Waals surface area contributed by atoms with Crippen LogP contribution in [-0.2, 0) is 9.59 Å². The van der Waals surface area contributed by atoms with Gasteiger partial charge in [0.05, 0.1) is 23.6 Å².